The molecule has 0 radical (unpaired) electrons. The summed E-state index contributed by atoms with van der Waals surface area (Å²) in [6.45, 7) is 1.90. The van der Waals surface area contributed by atoms with Gasteiger partial charge in [-0.3, -0.25) is 9.59 Å². The number of anilines is 1. The van der Waals surface area contributed by atoms with E-state index in [1.54, 1.807) is 12.1 Å². The molecule has 1 heterocycles. The first-order chi connectivity index (χ1) is 11.0. The maximum Gasteiger partial charge on any atom is 0.254 e. The van der Waals surface area contributed by atoms with Gasteiger partial charge >= 0.3 is 0 Å². The van der Waals surface area contributed by atoms with Gasteiger partial charge in [0, 0.05) is 16.3 Å². The van der Waals surface area contributed by atoms with Crippen molar-refractivity contribution in [3.63, 3.8) is 0 Å². The fourth-order valence-corrected chi connectivity index (χ4v) is 3.39. The van der Waals surface area contributed by atoms with E-state index in [9.17, 15) is 9.59 Å². The maximum atomic E-state index is 12.1. The topological polar surface area (TPSA) is 74.8 Å². The lowest BCUT2D eigenvalue weighted by Crippen LogP contribution is -2.18. The first-order valence-electron chi connectivity index (χ1n) is 7.34. The lowest BCUT2D eigenvalue weighted by molar-refractivity contribution is -0.113. The zero-order valence-electron chi connectivity index (χ0n) is 12.6. The highest BCUT2D eigenvalue weighted by Gasteiger charge is 2.17. The molecule has 1 aromatic carbocycles. The highest BCUT2D eigenvalue weighted by atomic mass is 35.5. The molecule has 1 aliphatic carbocycles. The number of benzene rings is 1. The van der Waals surface area contributed by atoms with Crippen molar-refractivity contribution in [2.75, 3.05) is 11.1 Å². The van der Waals surface area contributed by atoms with Crippen LogP contribution >= 0.6 is 23.4 Å². The number of amides is 1. The van der Waals surface area contributed by atoms with E-state index in [0.717, 1.165) is 36.1 Å². The van der Waals surface area contributed by atoms with Crippen molar-refractivity contribution >= 4 is 35.0 Å². The maximum absolute atomic E-state index is 12.1. The van der Waals surface area contributed by atoms with Crippen LogP contribution in [0.3, 0.4) is 0 Å². The predicted molar refractivity (Wildman–Crippen MR) is 92.4 cm³/mol. The molecule has 3 rings (SSSR count). The van der Waals surface area contributed by atoms with Gasteiger partial charge in [0.05, 0.1) is 11.4 Å². The molecule has 0 saturated carbocycles. The number of H-pyrrole nitrogens is 1. The van der Waals surface area contributed by atoms with Crippen molar-refractivity contribution in [1.29, 1.82) is 0 Å². The lowest BCUT2D eigenvalue weighted by Gasteiger charge is -2.08. The third kappa shape index (κ3) is 3.76. The Morgan fingerprint density at radius 1 is 1.43 bits per heavy atom. The number of halogens is 1. The smallest absolute Gasteiger partial charge is 0.254 e. The zero-order chi connectivity index (χ0) is 16.4. The minimum atomic E-state index is -0.163. The van der Waals surface area contributed by atoms with E-state index >= 15 is 0 Å². The van der Waals surface area contributed by atoms with Crippen LogP contribution in [0.2, 0.25) is 5.02 Å². The molecule has 5 nitrogen and oxygen atoms in total. The molecule has 1 amide bonds. The Balaban J connectivity index is 1.64. The molecular formula is C16H16ClN3O2S. The Bertz CT molecular complexity index is 819. The second kappa shape index (κ2) is 6.76. The van der Waals surface area contributed by atoms with Gasteiger partial charge in [-0.25, -0.2) is 4.98 Å². The second-order valence-corrected chi connectivity index (χ2v) is 6.85. The predicted octanol–water partition coefficient (Wildman–Crippen LogP) is 2.95. The number of nitrogens with one attached hydrogen (secondary N) is 2. The average Bonchev–Trinajstić information content (AvgIpc) is 2.98. The number of hydrogen-bond acceptors (Lipinski definition) is 4. The van der Waals surface area contributed by atoms with E-state index in [0.29, 0.717) is 15.9 Å². The fraction of sp³-hybridized carbons (Fsp3) is 0.312. The highest BCUT2D eigenvalue weighted by molar-refractivity contribution is 7.99. The normalized spacial score (nSPS) is 13.0. The van der Waals surface area contributed by atoms with Crippen LogP contribution in [0.4, 0.5) is 5.69 Å². The molecule has 1 aromatic heterocycles. The van der Waals surface area contributed by atoms with Crippen LogP contribution in [0.15, 0.2) is 28.2 Å². The van der Waals surface area contributed by atoms with Crippen LogP contribution in [0.5, 0.6) is 0 Å². The van der Waals surface area contributed by atoms with Gasteiger partial charge in [0.1, 0.15) is 0 Å². The van der Waals surface area contributed by atoms with Crippen LogP contribution in [0, 0.1) is 6.92 Å². The number of thioether (sulfide) groups is 1. The van der Waals surface area contributed by atoms with Crippen molar-refractivity contribution in [2.45, 2.75) is 31.3 Å². The van der Waals surface area contributed by atoms with Crippen molar-refractivity contribution in [2.24, 2.45) is 0 Å². The molecule has 120 valence electrons. The minimum Gasteiger partial charge on any atom is -0.325 e. The Kier molecular flexibility index (Phi) is 4.73. The number of aromatic amines is 1. The number of hydrogen-bond donors (Lipinski definition) is 2. The van der Waals surface area contributed by atoms with Crippen molar-refractivity contribution < 1.29 is 4.79 Å². The standard InChI is InChI=1S/C16H16ClN3O2S/c1-9-5-6-10(17)7-13(9)18-14(21)8-23-16-19-12-4-2-3-11(12)15(22)20-16/h5-7H,2-4,8H2,1H3,(H,18,21)(H,19,20,22). The quantitative estimate of drug-likeness (QED) is 0.657. The van der Waals surface area contributed by atoms with Gasteiger partial charge < -0.3 is 10.3 Å². The largest absolute Gasteiger partial charge is 0.325 e. The molecule has 1 aliphatic rings. The van der Waals surface area contributed by atoms with E-state index in [2.05, 4.69) is 15.3 Å². The Labute approximate surface area is 142 Å². The third-order valence-corrected chi connectivity index (χ3v) is 4.84. The number of aromatic nitrogens is 2. The summed E-state index contributed by atoms with van der Waals surface area (Å²) in [5.74, 6) is 0.0109. The number of rotatable bonds is 4. The molecule has 0 fully saturated rings. The van der Waals surface area contributed by atoms with E-state index in [4.69, 9.17) is 11.6 Å². The van der Waals surface area contributed by atoms with Crippen molar-refractivity contribution in [1.82, 2.24) is 9.97 Å². The summed E-state index contributed by atoms with van der Waals surface area (Å²) in [5.41, 5.74) is 3.20. The Morgan fingerprint density at radius 3 is 3.09 bits per heavy atom. The molecule has 0 saturated heterocycles. The first-order valence-corrected chi connectivity index (χ1v) is 8.70. The SMILES string of the molecule is Cc1ccc(Cl)cc1NC(=O)CSc1nc2c(c(=O)[nH]1)CCC2. The summed E-state index contributed by atoms with van der Waals surface area (Å²) < 4.78 is 0. The van der Waals surface area contributed by atoms with Crippen LogP contribution in [-0.4, -0.2) is 21.6 Å². The number of carbonyl (C=O) groups is 1. The minimum absolute atomic E-state index is 0.0823. The van der Waals surface area contributed by atoms with E-state index in [-0.39, 0.29) is 17.2 Å². The molecule has 2 N–H and O–H groups in total. The van der Waals surface area contributed by atoms with Crippen LogP contribution in [-0.2, 0) is 17.6 Å². The second-order valence-electron chi connectivity index (χ2n) is 5.45. The Morgan fingerprint density at radius 2 is 2.26 bits per heavy atom. The van der Waals surface area contributed by atoms with Gasteiger partial charge in [-0.15, -0.1) is 0 Å². The van der Waals surface area contributed by atoms with Gasteiger partial charge in [-0.2, -0.15) is 0 Å². The van der Waals surface area contributed by atoms with Gasteiger partial charge in [-0.05, 0) is 43.9 Å². The average molecular weight is 350 g/mol. The molecule has 2 aromatic rings. The number of aryl methyl sites for hydroxylation is 2. The molecule has 0 unspecified atom stereocenters. The third-order valence-electron chi connectivity index (χ3n) is 3.73. The van der Waals surface area contributed by atoms with Crippen LogP contribution < -0.4 is 10.9 Å². The molecule has 0 spiro atoms. The zero-order valence-corrected chi connectivity index (χ0v) is 14.2. The summed E-state index contributed by atoms with van der Waals surface area (Å²) in [4.78, 5) is 31.2. The lowest BCUT2D eigenvalue weighted by atomic mass is 10.2. The van der Waals surface area contributed by atoms with Crippen molar-refractivity contribution in [3.05, 3.63) is 50.4 Å². The summed E-state index contributed by atoms with van der Waals surface area (Å²) >= 11 is 7.16. The monoisotopic (exact) mass is 349 g/mol. The first kappa shape index (κ1) is 16.1. The Hall–Kier alpha value is -1.79. The van der Waals surface area contributed by atoms with Crippen LogP contribution in [0.1, 0.15) is 23.2 Å². The number of nitrogens with zero attached hydrogens (tertiary/aromatic N) is 1. The summed E-state index contributed by atoms with van der Waals surface area (Å²) in [5, 5.41) is 3.89. The molecule has 0 aliphatic heterocycles. The summed E-state index contributed by atoms with van der Waals surface area (Å²) in [6.07, 6.45) is 2.59. The van der Waals surface area contributed by atoms with Gasteiger partial charge in [-0.1, -0.05) is 29.4 Å². The number of fused-ring (bicyclic) bond motifs is 1. The molecule has 0 atom stereocenters. The van der Waals surface area contributed by atoms with Gasteiger partial charge in [0.2, 0.25) is 5.91 Å². The van der Waals surface area contributed by atoms with E-state index in [1.165, 1.54) is 11.8 Å². The van der Waals surface area contributed by atoms with E-state index in [1.807, 2.05) is 13.0 Å². The molecule has 7 heteroatoms. The van der Waals surface area contributed by atoms with Crippen molar-refractivity contribution in [3.8, 4) is 0 Å². The van der Waals surface area contributed by atoms with E-state index < -0.39 is 0 Å². The fourth-order valence-electron chi connectivity index (χ4n) is 2.54. The van der Waals surface area contributed by atoms with Gasteiger partial charge in [0.25, 0.3) is 5.56 Å². The number of carbonyl (C=O) groups excluding carboxylic acids is 1. The van der Waals surface area contributed by atoms with Crippen LogP contribution in [0.25, 0.3) is 0 Å². The van der Waals surface area contributed by atoms with Gasteiger partial charge in [0.15, 0.2) is 5.16 Å². The summed E-state index contributed by atoms with van der Waals surface area (Å²) in [6, 6.07) is 5.35. The molecular weight excluding hydrogens is 334 g/mol. The molecule has 23 heavy (non-hydrogen) atoms. The summed E-state index contributed by atoms with van der Waals surface area (Å²) in [7, 11) is 0. The molecule has 0 bridgehead atoms. The highest BCUT2D eigenvalue weighted by Crippen LogP contribution is 2.22.